The van der Waals surface area contributed by atoms with Gasteiger partial charge in [-0.1, -0.05) is 0 Å². The van der Waals surface area contributed by atoms with Gasteiger partial charge in [-0.2, -0.15) is 0 Å². The van der Waals surface area contributed by atoms with E-state index in [-0.39, 0.29) is 25.5 Å². The molecule has 7 heteroatoms. The number of carbonyl (C=O) groups is 2. The standard InChI is InChI=1S/C7H8BN3O3/c9-5-8-1-2-11(7(13)3-8)4-6(12)10-14/h1-4H2. The van der Waals surface area contributed by atoms with E-state index in [9.17, 15) is 14.5 Å². The highest BCUT2D eigenvalue weighted by Crippen LogP contribution is 2.11. The van der Waals surface area contributed by atoms with Gasteiger partial charge in [-0.3, -0.25) is 9.59 Å². The Kier molecular flexibility index (Phi) is 3.34. The summed E-state index contributed by atoms with van der Waals surface area (Å²) in [5.74, 6) is 0.888. The quantitative estimate of drug-likeness (QED) is 0.443. The van der Waals surface area contributed by atoms with E-state index in [0.717, 1.165) is 0 Å². The van der Waals surface area contributed by atoms with Crippen LogP contribution in [0.4, 0.5) is 0 Å². The van der Waals surface area contributed by atoms with Crippen LogP contribution >= 0.6 is 0 Å². The van der Waals surface area contributed by atoms with Crippen LogP contribution in [-0.4, -0.2) is 36.5 Å². The summed E-state index contributed by atoms with van der Waals surface area (Å²) < 4.78 is 0. The molecular formula is C7H8BN3O3. The molecule has 1 heterocycles. The maximum atomic E-state index is 11.3. The lowest BCUT2D eigenvalue weighted by Gasteiger charge is -2.25. The van der Waals surface area contributed by atoms with E-state index in [1.54, 1.807) is 0 Å². The first-order valence-electron chi connectivity index (χ1n) is 4.21. The molecule has 1 saturated heterocycles. The average molecular weight is 193 g/mol. The predicted molar refractivity (Wildman–Crippen MR) is 48.4 cm³/mol. The summed E-state index contributed by atoms with van der Waals surface area (Å²) in [6, 6.07) is 0. The Morgan fingerprint density at radius 3 is 2.93 bits per heavy atom. The first-order valence-corrected chi connectivity index (χ1v) is 4.21. The molecule has 0 aromatic carbocycles. The van der Waals surface area contributed by atoms with Crippen LogP contribution in [0.5, 0.6) is 0 Å². The molecule has 0 radical (unpaired) electrons. The van der Waals surface area contributed by atoms with Crippen LogP contribution in [-0.2, 0) is 9.59 Å². The number of amides is 2. The molecule has 0 unspecified atom stereocenters. The molecule has 0 aromatic heterocycles. The zero-order chi connectivity index (χ0) is 10.6. The van der Waals surface area contributed by atoms with Gasteiger partial charge >= 0.3 is 5.91 Å². The van der Waals surface area contributed by atoms with E-state index in [1.165, 1.54) is 4.90 Å². The SMILES string of the molecule is N#CB1CCN(CC(=O)N=O)C(=O)C1. The fourth-order valence-corrected chi connectivity index (χ4v) is 1.35. The molecule has 0 aromatic rings. The summed E-state index contributed by atoms with van der Waals surface area (Å²) in [5, 5.41) is 10.8. The van der Waals surface area contributed by atoms with Crippen molar-refractivity contribution in [2.45, 2.75) is 12.6 Å². The molecule has 2 amide bonds. The van der Waals surface area contributed by atoms with Crippen molar-refractivity contribution in [2.75, 3.05) is 13.1 Å². The van der Waals surface area contributed by atoms with Crippen LogP contribution in [0.3, 0.4) is 0 Å². The van der Waals surface area contributed by atoms with Gasteiger partial charge in [0.05, 0.1) is 0 Å². The van der Waals surface area contributed by atoms with E-state index >= 15 is 0 Å². The lowest BCUT2D eigenvalue weighted by molar-refractivity contribution is -0.133. The second-order valence-electron chi connectivity index (χ2n) is 3.12. The smallest absolute Gasteiger partial charge is 0.305 e. The molecule has 0 bridgehead atoms. The molecular weight excluding hydrogens is 185 g/mol. The van der Waals surface area contributed by atoms with E-state index in [0.29, 0.717) is 12.9 Å². The molecule has 1 fully saturated rings. The Bertz CT molecular complexity index is 312. The zero-order valence-electron chi connectivity index (χ0n) is 7.47. The van der Waals surface area contributed by atoms with E-state index in [1.807, 2.05) is 5.97 Å². The van der Waals surface area contributed by atoms with Crippen LogP contribution in [0.1, 0.15) is 0 Å². The van der Waals surface area contributed by atoms with Crippen molar-refractivity contribution < 1.29 is 9.59 Å². The lowest BCUT2D eigenvalue weighted by Crippen LogP contribution is -2.43. The molecule has 0 saturated carbocycles. The first kappa shape index (κ1) is 10.4. The number of nitriles is 1. The maximum Gasteiger partial charge on any atom is 0.305 e. The van der Waals surface area contributed by atoms with Gasteiger partial charge in [0, 0.05) is 24.0 Å². The van der Waals surface area contributed by atoms with Gasteiger partial charge in [0.25, 0.3) is 6.71 Å². The maximum absolute atomic E-state index is 11.3. The molecule has 6 nitrogen and oxygen atoms in total. The second-order valence-corrected chi connectivity index (χ2v) is 3.12. The highest BCUT2D eigenvalue weighted by molar-refractivity contribution is 6.70. The van der Waals surface area contributed by atoms with Gasteiger partial charge in [0.2, 0.25) is 5.91 Å². The van der Waals surface area contributed by atoms with Crippen molar-refractivity contribution in [2.24, 2.45) is 5.18 Å². The second kappa shape index (κ2) is 4.51. The van der Waals surface area contributed by atoms with Crippen molar-refractivity contribution in [3.8, 4) is 5.97 Å². The summed E-state index contributed by atoms with van der Waals surface area (Å²) in [7, 11) is 0. The average Bonchev–Trinajstić information content (AvgIpc) is 2.20. The van der Waals surface area contributed by atoms with Crippen LogP contribution in [0.25, 0.3) is 0 Å². The Morgan fingerprint density at radius 2 is 2.43 bits per heavy atom. The predicted octanol–water partition coefficient (Wildman–Crippen LogP) is -0.321. The largest absolute Gasteiger partial charge is 0.334 e. The Morgan fingerprint density at radius 1 is 1.71 bits per heavy atom. The molecule has 14 heavy (non-hydrogen) atoms. The Labute approximate surface area is 80.9 Å². The fourth-order valence-electron chi connectivity index (χ4n) is 1.35. The number of hydrogen-bond donors (Lipinski definition) is 0. The van der Waals surface area contributed by atoms with Crippen molar-refractivity contribution in [1.82, 2.24) is 4.90 Å². The molecule has 1 aliphatic heterocycles. The van der Waals surface area contributed by atoms with Crippen LogP contribution in [0, 0.1) is 16.1 Å². The van der Waals surface area contributed by atoms with Crippen molar-refractivity contribution in [1.29, 1.82) is 5.26 Å². The van der Waals surface area contributed by atoms with Gasteiger partial charge in [-0.05, 0) is 6.32 Å². The molecule has 1 rings (SSSR count). The summed E-state index contributed by atoms with van der Waals surface area (Å²) >= 11 is 0. The third kappa shape index (κ3) is 2.39. The summed E-state index contributed by atoms with van der Waals surface area (Å²) in [6.45, 7) is -0.184. The summed E-state index contributed by atoms with van der Waals surface area (Å²) in [4.78, 5) is 33.0. The number of nitrogens with zero attached hydrogens (tertiary/aromatic N) is 3. The number of hydrogen-bond acceptors (Lipinski definition) is 4. The highest BCUT2D eigenvalue weighted by atomic mass is 16.3. The van der Waals surface area contributed by atoms with Gasteiger partial charge in [0.15, 0.2) is 0 Å². The van der Waals surface area contributed by atoms with Gasteiger partial charge in [-0.15, -0.1) is 4.91 Å². The Balaban J connectivity index is 2.51. The van der Waals surface area contributed by atoms with Gasteiger partial charge < -0.3 is 4.90 Å². The normalized spacial score (nSPS) is 16.4. The van der Waals surface area contributed by atoms with E-state index < -0.39 is 5.91 Å². The van der Waals surface area contributed by atoms with Crippen LogP contribution in [0.2, 0.25) is 12.6 Å². The van der Waals surface area contributed by atoms with Gasteiger partial charge in [0.1, 0.15) is 6.54 Å². The van der Waals surface area contributed by atoms with Crippen molar-refractivity contribution in [3.63, 3.8) is 0 Å². The minimum absolute atomic E-state index is 0.128. The number of rotatable bonds is 2. The van der Waals surface area contributed by atoms with Gasteiger partial charge in [-0.25, -0.2) is 5.26 Å². The summed E-state index contributed by atoms with van der Waals surface area (Å²) in [6.07, 6.45) is 0.678. The molecule has 0 atom stereocenters. The first-order chi connectivity index (χ1) is 6.67. The van der Waals surface area contributed by atoms with E-state index in [2.05, 4.69) is 5.18 Å². The molecule has 0 spiro atoms. The fraction of sp³-hybridized carbons (Fsp3) is 0.571. The molecule has 0 aliphatic carbocycles. The Hall–Kier alpha value is -1.71. The molecule has 1 aliphatic rings. The van der Waals surface area contributed by atoms with Crippen LogP contribution < -0.4 is 0 Å². The molecule has 0 N–H and O–H groups in total. The minimum atomic E-state index is -0.853. The lowest BCUT2D eigenvalue weighted by atomic mass is 9.45. The molecule has 72 valence electrons. The monoisotopic (exact) mass is 193 g/mol. The minimum Gasteiger partial charge on any atom is -0.334 e. The zero-order valence-corrected chi connectivity index (χ0v) is 7.47. The van der Waals surface area contributed by atoms with Crippen LogP contribution in [0.15, 0.2) is 5.18 Å². The third-order valence-corrected chi connectivity index (χ3v) is 2.13. The third-order valence-electron chi connectivity index (χ3n) is 2.13. The summed E-state index contributed by atoms with van der Waals surface area (Å²) in [5.41, 5.74) is 0. The highest BCUT2D eigenvalue weighted by Gasteiger charge is 2.29. The van der Waals surface area contributed by atoms with Crippen molar-refractivity contribution >= 4 is 18.5 Å². The van der Waals surface area contributed by atoms with E-state index in [4.69, 9.17) is 5.26 Å². The van der Waals surface area contributed by atoms with Crippen molar-refractivity contribution in [3.05, 3.63) is 4.91 Å². The number of nitroso groups, excluding NO2 is 1. The topological polar surface area (TPSA) is 90.6 Å². The number of carbonyl (C=O) groups excluding carboxylic acids is 2.